The first-order valence-electron chi connectivity index (χ1n) is 16.8. The molecule has 0 radical (unpaired) electrons. The highest BCUT2D eigenvalue weighted by molar-refractivity contribution is 5.89. The number of carbonyl (C=O) groups excluding carboxylic acids is 3. The molecule has 0 saturated carbocycles. The molecule has 0 bridgehead atoms. The molecular formula is C35H53N3O12. The van der Waals surface area contributed by atoms with E-state index in [2.05, 4.69) is 16.9 Å². The van der Waals surface area contributed by atoms with E-state index in [0.29, 0.717) is 6.42 Å². The highest BCUT2D eigenvalue weighted by atomic mass is 16.8. The molecule has 15 nitrogen and oxygen atoms in total. The lowest BCUT2D eigenvalue weighted by atomic mass is 9.93. The number of hydrogen-bond donors (Lipinski definition) is 2. The number of hydrogen-bond acceptors (Lipinski definition) is 13. The molecule has 280 valence electrons. The average Bonchev–Trinajstić information content (AvgIpc) is 3.02. The summed E-state index contributed by atoms with van der Waals surface area (Å²) in [6.07, 6.45) is -1.77. The molecular weight excluding hydrogens is 654 g/mol. The lowest BCUT2D eigenvalue weighted by Gasteiger charge is -2.47. The van der Waals surface area contributed by atoms with Gasteiger partial charge >= 0.3 is 18.3 Å². The Labute approximate surface area is 293 Å². The van der Waals surface area contributed by atoms with Crippen molar-refractivity contribution in [3.8, 4) is 0 Å². The summed E-state index contributed by atoms with van der Waals surface area (Å²) in [4.78, 5) is 40.9. The van der Waals surface area contributed by atoms with Gasteiger partial charge in [0.05, 0.1) is 12.2 Å². The van der Waals surface area contributed by atoms with Gasteiger partial charge in [0.25, 0.3) is 0 Å². The number of benzene rings is 1. The predicted octanol–water partition coefficient (Wildman–Crippen LogP) is 6.54. The number of esters is 1. The van der Waals surface area contributed by atoms with Crippen LogP contribution in [0.4, 0.5) is 9.59 Å². The van der Waals surface area contributed by atoms with Crippen molar-refractivity contribution in [2.24, 2.45) is 5.11 Å². The fourth-order valence-electron chi connectivity index (χ4n) is 4.80. The van der Waals surface area contributed by atoms with Crippen LogP contribution in [0.3, 0.4) is 0 Å². The van der Waals surface area contributed by atoms with E-state index in [1.165, 1.54) is 6.92 Å². The quantitative estimate of drug-likeness (QED) is 0.0357. The van der Waals surface area contributed by atoms with Crippen LogP contribution in [0.15, 0.2) is 47.6 Å². The van der Waals surface area contributed by atoms with E-state index >= 15 is 0 Å². The number of carbonyl (C=O) groups is 3. The van der Waals surface area contributed by atoms with Gasteiger partial charge in [-0.25, -0.2) is 14.4 Å². The zero-order valence-corrected chi connectivity index (χ0v) is 30.3. The number of unbranched alkanes of at least 4 members (excludes halogenated alkanes) is 4. The van der Waals surface area contributed by atoms with Crippen molar-refractivity contribution in [3.63, 3.8) is 0 Å². The van der Waals surface area contributed by atoms with Gasteiger partial charge in [-0.2, -0.15) is 0 Å². The molecule has 0 spiro atoms. The molecule has 1 aliphatic heterocycles. The molecule has 1 aromatic carbocycles. The smallest absolute Gasteiger partial charge is 0.454 e. The zero-order chi connectivity index (χ0) is 37.5. The van der Waals surface area contributed by atoms with Crippen molar-refractivity contribution in [2.45, 2.75) is 141 Å². The SMILES string of the molecule is CCCCCCC=C[C@@H](OC(=O)c1ccccc1)[C@H](CO[C@@]1(C)O[C@H](COC(=O)OC(C)(C)C)[C@H](OC(=O)OC(C)(C)C)[C@H](O)[C@H]1O)N=[N+]=[N-]. The molecule has 1 saturated heterocycles. The Morgan fingerprint density at radius 2 is 1.66 bits per heavy atom. The minimum absolute atomic E-state index is 0.277. The normalized spacial score (nSPS) is 23.6. The van der Waals surface area contributed by atoms with Gasteiger partial charge in [0.2, 0.25) is 0 Å². The Balaban J connectivity index is 2.34. The highest BCUT2D eigenvalue weighted by Crippen LogP contribution is 2.34. The standard InChI is InChI=1S/C35H53N3O12/c1-9-10-11-12-13-17-20-25(46-30(41)23-18-15-14-16-19-23)24(37-38-36)21-45-35(8)29(40)27(39)28(47-32(43)50-34(5,6)7)26(48-35)22-44-31(42)49-33(2,3)4/h14-20,24-29,39-40H,9-13,21-22H2,1-8H3/t24-,25+,26+,27-,28-,29+,35-/m0/s1. The Morgan fingerprint density at radius 1 is 1.02 bits per heavy atom. The van der Waals surface area contributed by atoms with Gasteiger partial charge in [0.1, 0.15) is 48.3 Å². The number of aliphatic hydroxyl groups is 2. The fraction of sp³-hybridized carbons (Fsp3) is 0.686. The van der Waals surface area contributed by atoms with Crippen LogP contribution >= 0.6 is 0 Å². The van der Waals surface area contributed by atoms with E-state index in [0.717, 1.165) is 25.7 Å². The number of azide groups is 1. The van der Waals surface area contributed by atoms with Crippen molar-refractivity contribution in [2.75, 3.05) is 13.2 Å². The topological polar surface area (TPSA) is 205 Å². The van der Waals surface area contributed by atoms with E-state index < -0.39 is 85.0 Å². The highest BCUT2D eigenvalue weighted by Gasteiger charge is 2.55. The van der Waals surface area contributed by atoms with Crippen molar-refractivity contribution >= 4 is 18.3 Å². The third-order valence-corrected chi connectivity index (χ3v) is 7.25. The molecule has 1 fully saturated rings. The summed E-state index contributed by atoms with van der Waals surface area (Å²) >= 11 is 0. The van der Waals surface area contributed by atoms with Crippen molar-refractivity contribution < 1.29 is 57.8 Å². The van der Waals surface area contributed by atoms with Crippen LogP contribution in [0.5, 0.6) is 0 Å². The van der Waals surface area contributed by atoms with Crippen molar-refractivity contribution in [1.29, 1.82) is 0 Å². The second kappa shape index (κ2) is 19.5. The Bertz CT molecular complexity index is 1310. The minimum Gasteiger partial charge on any atom is -0.454 e. The zero-order valence-electron chi connectivity index (χ0n) is 30.3. The number of aliphatic hydroxyl groups excluding tert-OH is 2. The van der Waals surface area contributed by atoms with Gasteiger partial charge in [0, 0.05) is 4.91 Å². The van der Waals surface area contributed by atoms with Gasteiger partial charge in [-0.1, -0.05) is 55.6 Å². The lowest BCUT2D eigenvalue weighted by Crippen LogP contribution is -2.66. The molecule has 2 rings (SSSR count). The van der Waals surface area contributed by atoms with Gasteiger partial charge < -0.3 is 43.4 Å². The summed E-state index contributed by atoms with van der Waals surface area (Å²) < 4.78 is 38.7. The van der Waals surface area contributed by atoms with Crippen LogP contribution in [-0.2, 0) is 33.2 Å². The maximum absolute atomic E-state index is 13.0. The second-order valence-corrected chi connectivity index (χ2v) is 14.0. The first kappa shape index (κ1) is 42.3. The predicted molar refractivity (Wildman–Crippen MR) is 181 cm³/mol. The fourth-order valence-corrected chi connectivity index (χ4v) is 4.80. The molecule has 15 heteroatoms. The Kier molecular flexibility index (Phi) is 16.5. The van der Waals surface area contributed by atoms with Crippen LogP contribution < -0.4 is 0 Å². The number of nitrogens with zero attached hydrogens (tertiary/aromatic N) is 3. The Hall–Kier alpha value is -3.88. The minimum atomic E-state index is -2.05. The summed E-state index contributed by atoms with van der Waals surface area (Å²) in [6.45, 7) is 12.1. The maximum Gasteiger partial charge on any atom is 0.509 e. The summed E-state index contributed by atoms with van der Waals surface area (Å²) in [6, 6.07) is 7.12. The molecule has 1 aliphatic rings. The average molecular weight is 708 g/mol. The van der Waals surface area contributed by atoms with Gasteiger partial charge in [-0.3, -0.25) is 0 Å². The summed E-state index contributed by atoms with van der Waals surface area (Å²) in [5.74, 6) is -2.71. The second-order valence-electron chi connectivity index (χ2n) is 14.0. The number of rotatable bonds is 16. The van der Waals surface area contributed by atoms with E-state index in [9.17, 15) is 30.1 Å². The maximum atomic E-state index is 13.0. The molecule has 50 heavy (non-hydrogen) atoms. The van der Waals surface area contributed by atoms with E-state index in [1.54, 1.807) is 78.0 Å². The summed E-state index contributed by atoms with van der Waals surface area (Å²) in [7, 11) is 0. The van der Waals surface area contributed by atoms with Gasteiger partial charge in [0.15, 0.2) is 11.9 Å². The van der Waals surface area contributed by atoms with Crippen molar-refractivity contribution in [1.82, 2.24) is 0 Å². The van der Waals surface area contributed by atoms with Crippen LogP contribution in [-0.4, -0.2) is 95.3 Å². The first-order valence-corrected chi connectivity index (χ1v) is 16.8. The van der Waals surface area contributed by atoms with Crippen LogP contribution in [0.25, 0.3) is 10.4 Å². The summed E-state index contributed by atoms with van der Waals surface area (Å²) in [5, 5.41) is 26.2. The largest absolute Gasteiger partial charge is 0.509 e. The van der Waals surface area contributed by atoms with Gasteiger partial charge in [-0.05, 0) is 85.0 Å². The molecule has 7 atom stereocenters. The summed E-state index contributed by atoms with van der Waals surface area (Å²) in [5.41, 5.74) is 7.89. The third-order valence-electron chi connectivity index (χ3n) is 7.25. The molecule has 0 unspecified atom stereocenters. The van der Waals surface area contributed by atoms with Gasteiger partial charge in [-0.15, -0.1) is 0 Å². The van der Waals surface area contributed by atoms with E-state index in [1.807, 2.05) is 6.08 Å². The van der Waals surface area contributed by atoms with Crippen LogP contribution in [0, 0.1) is 0 Å². The molecule has 1 aromatic rings. The third kappa shape index (κ3) is 14.5. The van der Waals surface area contributed by atoms with E-state index in [4.69, 9.17) is 33.2 Å². The van der Waals surface area contributed by atoms with E-state index in [-0.39, 0.29) is 5.56 Å². The van der Waals surface area contributed by atoms with Crippen molar-refractivity contribution in [3.05, 3.63) is 58.5 Å². The lowest BCUT2D eigenvalue weighted by molar-refractivity contribution is -0.358. The van der Waals surface area contributed by atoms with Crippen LogP contribution in [0.1, 0.15) is 97.9 Å². The molecule has 0 aromatic heterocycles. The molecule has 1 heterocycles. The monoisotopic (exact) mass is 707 g/mol. The molecule has 2 N–H and O–H groups in total. The Morgan fingerprint density at radius 3 is 2.26 bits per heavy atom. The molecule has 0 amide bonds. The number of allylic oxidation sites excluding steroid dienone is 1. The number of ether oxygens (including phenoxy) is 7. The van der Waals surface area contributed by atoms with Crippen LogP contribution in [0.2, 0.25) is 0 Å². The molecule has 0 aliphatic carbocycles. The first-order chi connectivity index (χ1) is 23.4.